The summed E-state index contributed by atoms with van der Waals surface area (Å²) in [5, 5.41) is 0.746. The molecule has 1 rings (SSSR count). The Morgan fingerprint density at radius 2 is 2.00 bits per heavy atom. The van der Waals surface area contributed by atoms with Gasteiger partial charge < -0.3 is 0 Å². The molecule has 0 aliphatic heterocycles. The second-order valence-electron chi connectivity index (χ2n) is 3.62. The number of benzene rings is 1. The van der Waals surface area contributed by atoms with Crippen molar-refractivity contribution in [1.82, 2.24) is 0 Å². The quantitative estimate of drug-likeness (QED) is 0.661. The monoisotopic (exact) mass is 207 g/mol. The first-order valence-corrected chi connectivity index (χ1v) is 6.31. The van der Waals surface area contributed by atoms with Gasteiger partial charge >= 0.3 is 0 Å². The fourth-order valence-electron chi connectivity index (χ4n) is 1.29. The first-order valence-electron chi connectivity index (χ1n) is 5.36. The van der Waals surface area contributed by atoms with Crippen LogP contribution in [0.25, 0.3) is 0 Å². The number of hydrogen-bond acceptors (Lipinski definition) is 1. The van der Waals surface area contributed by atoms with Crippen molar-refractivity contribution in [2.45, 2.75) is 38.4 Å². The first-order chi connectivity index (χ1) is 6.83. The number of rotatable bonds is 6. The van der Waals surface area contributed by atoms with Crippen LogP contribution < -0.4 is 0 Å². The van der Waals surface area contributed by atoms with Gasteiger partial charge in [-0.25, -0.2) is 0 Å². The van der Waals surface area contributed by atoms with Crippen LogP contribution in [0, 0.1) is 5.75 Å². The van der Waals surface area contributed by atoms with Crippen molar-refractivity contribution in [2.24, 2.45) is 0 Å². The Hall–Kier alpha value is -0.430. The summed E-state index contributed by atoms with van der Waals surface area (Å²) in [5.41, 5.74) is 1.32. The van der Waals surface area contributed by atoms with Gasteiger partial charge in [0.1, 0.15) is 0 Å². The lowest BCUT2D eigenvalue weighted by Gasteiger charge is -2.09. The Bertz CT molecular complexity index is 230. The molecule has 1 atom stereocenters. The zero-order chi connectivity index (χ0) is 10.2. The van der Waals surface area contributed by atoms with Gasteiger partial charge in [0.25, 0.3) is 0 Å². The fourth-order valence-corrected chi connectivity index (χ4v) is 2.14. The third kappa shape index (κ3) is 4.71. The summed E-state index contributed by atoms with van der Waals surface area (Å²) >= 11 is 1.94. The van der Waals surface area contributed by atoms with Gasteiger partial charge in [-0.15, -0.1) is 11.8 Å². The molecule has 0 heterocycles. The fraction of sp³-hybridized carbons (Fsp3) is 0.462. The molecule has 0 bridgehead atoms. The predicted octanol–water partition coefficient (Wildman–Crippen LogP) is 4.51. The number of hydrogen-bond donors (Lipinski definition) is 0. The minimum Gasteiger partial charge on any atom is -0.149 e. The molecule has 0 fully saturated rings. The van der Waals surface area contributed by atoms with Gasteiger partial charge in [-0.2, -0.15) is 0 Å². The van der Waals surface area contributed by atoms with E-state index >= 15 is 0 Å². The largest absolute Gasteiger partial charge is 0.149 e. The van der Waals surface area contributed by atoms with Crippen molar-refractivity contribution in [3.05, 3.63) is 41.6 Å². The van der Waals surface area contributed by atoms with E-state index in [1.165, 1.54) is 24.8 Å². The molecule has 0 saturated carbocycles. The van der Waals surface area contributed by atoms with Crippen molar-refractivity contribution in [3.8, 4) is 0 Å². The molecule has 0 aromatic heterocycles. The molecule has 0 N–H and O–H groups in total. The Morgan fingerprint density at radius 3 is 2.64 bits per heavy atom. The van der Waals surface area contributed by atoms with E-state index in [9.17, 15) is 0 Å². The summed E-state index contributed by atoms with van der Waals surface area (Å²) in [6.45, 7) is 4.55. The highest BCUT2D eigenvalue weighted by molar-refractivity contribution is 8.02. The lowest BCUT2D eigenvalue weighted by Crippen LogP contribution is -1.95. The van der Waals surface area contributed by atoms with E-state index in [0.29, 0.717) is 0 Å². The third-order valence-corrected chi connectivity index (χ3v) is 3.31. The average molecular weight is 207 g/mol. The van der Waals surface area contributed by atoms with E-state index in [0.717, 1.165) is 5.25 Å². The van der Waals surface area contributed by atoms with E-state index < -0.39 is 0 Å². The third-order valence-electron chi connectivity index (χ3n) is 2.20. The molecule has 14 heavy (non-hydrogen) atoms. The summed E-state index contributed by atoms with van der Waals surface area (Å²) < 4.78 is 0. The van der Waals surface area contributed by atoms with Gasteiger partial charge in [-0.1, -0.05) is 57.0 Å². The lowest BCUT2D eigenvalue weighted by atomic mass is 10.2. The summed E-state index contributed by atoms with van der Waals surface area (Å²) in [6, 6.07) is 10.5. The molecular formula is C13H19S. The second kappa shape index (κ2) is 6.94. The van der Waals surface area contributed by atoms with E-state index in [2.05, 4.69) is 49.9 Å². The molecule has 1 unspecified atom stereocenters. The summed E-state index contributed by atoms with van der Waals surface area (Å²) in [7, 11) is 0. The zero-order valence-corrected chi connectivity index (χ0v) is 9.89. The van der Waals surface area contributed by atoms with E-state index in [4.69, 9.17) is 0 Å². The SMILES string of the molecule is CCCCC(C)S[CH]c1ccccc1. The molecule has 0 amide bonds. The minimum atomic E-state index is 0.746. The molecule has 0 spiro atoms. The average Bonchev–Trinajstić information content (AvgIpc) is 2.25. The standard InChI is InChI=1S/C13H19S/c1-3-4-8-12(2)14-11-13-9-6-5-7-10-13/h5-7,9-12H,3-4,8H2,1-2H3. The number of thioether (sulfide) groups is 1. The van der Waals surface area contributed by atoms with Crippen LogP contribution in [-0.4, -0.2) is 5.25 Å². The van der Waals surface area contributed by atoms with Crippen LogP contribution in [0.3, 0.4) is 0 Å². The smallest absolute Gasteiger partial charge is 0.0459 e. The molecule has 1 aromatic carbocycles. The van der Waals surface area contributed by atoms with E-state index in [1.807, 2.05) is 11.8 Å². The van der Waals surface area contributed by atoms with Crippen molar-refractivity contribution in [1.29, 1.82) is 0 Å². The molecule has 0 aliphatic carbocycles. The Labute approximate surface area is 92.1 Å². The van der Waals surface area contributed by atoms with Gasteiger partial charge in [0.15, 0.2) is 0 Å². The molecule has 1 aromatic rings. The van der Waals surface area contributed by atoms with Crippen LogP contribution in [0.4, 0.5) is 0 Å². The van der Waals surface area contributed by atoms with Gasteiger partial charge in [-0.05, 0) is 12.0 Å². The lowest BCUT2D eigenvalue weighted by molar-refractivity contribution is 0.714. The van der Waals surface area contributed by atoms with Crippen molar-refractivity contribution in [2.75, 3.05) is 0 Å². The summed E-state index contributed by atoms with van der Waals surface area (Å²) in [6.07, 6.45) is 3.97. The zero-order valence-electron chi connectivity index (χ0n) is 9.07. The maximum atomic E-state index is 2.31. The van der Waals surface area contributed by atoms with Crippen molar-refractivity contribution in [3.63, 3.8) is 0 Å². The molecule has 1 radical (unpaired) electrons. The number of unbranched alkanes of at least 4 members (excludes halogenated alkanes) is 1. The van der Waals surface area contributed by atoms with Crippen LogP contribution in [0.5, 0.6) is 0 Å². The van der Waals surface area contributed by atoms with Crippen molar-refractivity contribution >= 4 is 11.8 Å². The highest BCUT2D eigenvalue weighted by Crippen LogP contribution is 2.23. The topological polar surface area (TPSA) is 0 Å². The Morgan fingerprint density at radius 1 is 1.29 bits per heavy atom. The highest BCUT2D eigenvalue weighted by Gasteiger charge is 2.02. The van der Waals surface area contributed by atoms with Crippen molar-refractivity contribution < 1.29 is 0 Å². The Kier molecular flexibility index (Phi) is 5.77. The molecule has 0 nitrogen and oxygen atoms in total. The molecule has 77 valence electrons. The van der Waals surface area contributed by atoms with Crippen LogP contribution in [-0.2, 0) is 0 Å². The van der Waals surface area contributed by atoms with E-state index in [-0.39, 0.29) is 0 Å². The normalized spacial score (nSPS) is 12.7. The summed E-state index contributed by atoms with van der Waals surface area (Å²) in [5.74, 6) is 2.26. The maximum Gasteiger partial charge on any atom is 0.0459 e. The predicted molar refractivity (Wildman–Crippen MR) is 66.4 cm³/mol. The first kappa shape index (κ1) is 11.6. The van der Waals surface area contributed by atoms with Crippen LogP contribution >= 0.6 is 11.8 Å². The van der Waals surface area contributed by atoms with Gasteiger partial charge in [0, 0.05) is 11.0 Å². The van der Waals surface area contributed by atoms with Gasteiger partial charge in [0.05, 0.1) is 0 Å². The highest BCUT2D eigenvalue weighted by atomic mass is 32.2. The van der Waals surface area contributed by atoms with Crippen LogP contribution in [0.1, 0.15) is 38.7 Å². The Balaban J connectivity index is 2.20. The summed E-state index contributed by atoms with van der Waals surface area (Å²) in [4.78, 5) is 0. The minimum absolute atomic E-state index is 0.746. The second-order valence-corrected chi connectivity index (χ2v) is 4.93. The van der Waals surface area contributed by atoms with Crippen LogP contribution in [0.2, 0.25) is 0 Å². The van der Waals surface area contributed by atoms with Crippen LogP contribution in [0.15, 0.2) is 30.3 Å². The molecule has 0 saturated heterocycles. The maximum absolute atomic E-state index is 2.31. The van der Waals surface area contributed by atoms with Gasteiger partial charge in [0.2, 0.25) is 0 Å². The molecule has 1 heteroatoms. The van der Waals surface area contributed by atoms with E-state index in [1.54, 1.807) is 0 Å². The van der Waals surface area contributed by atoms with Gasteiger partial charge in [-0.3, -0.25) is 0 Å². The molecule has 0 aliphatic rings. The molecular weight excluding hydrogens is 188 g/mol.